The fraction of sp³-hybridized carbons (Fsp3) is 0.190. The summed E-state index contributed by atoms with van der Waals surface area (Å²) in [7, 11) is 0. The normalized spacial score (nSPS) is 10.6. The van der Waals surface area contributed by atoms with Crippen LogP contribution in [0.4, 0.5) is 5.69 Å². The Morgan fingerprint density at radius 1 is 1.15 bits per heavy atom. The number of hydrogen-bond donors (Lipinski definition) is 1. The van der Waals surface area contributed by atoms with E-state index in [4.69, 9.17) is 0 Å². The second-order valence-electron chi connectivity index (χ2n) is 6.28. The number of rotatable bonds is 7. The van der Waals surface area contributed by atoms with Crippen molar-refractivity contribution in [3.05, 3.63) is 72.3 Å². The van der Waals surface area contributed by atoms with E-state index in [-0.39, 0.29) is 11.7 Å². The minimum atomic E-state index is -0.0735. The Bertz CT molecular complexity index is 947. The number of anilines is 1. The van der Waals surface area contributed by atoms with E-state index in [1.807, 2.05) is 66.9 Å². The molecule has 0 spiro atoms. The van der Waals surface area contributed by atoms with Crippen molar-refractivity contribution in [2.75, 3.05) is 11.1 Å². The van der Waals surface area contributed by atoms with Gasteiger partial charge in [0.2, 0.25) is 5.91 Å². The molecule has 0 fully saturated rings. The first-order valence-electron chi connectivity index (χ1n) is 8.67. The maximum atomic E-state index is 12.3. The Balaban J connectivity index is 1.72. The smallest absolute Gasteiger partial charge is 0.234 e. The summed E-state index contributed by atoms with van der Waals surface area (Å²) >= 11 is 1.37. The van der Waals surface area contributed by atoms with E-state index in [1.54, 1.807) is 6.08 Å². The molecule has 0 bridgehead atoms. The molecule has 1 heterocycles. The zero-order valence-corrected chi connectivity index (χ0v) is 16.3. The van der Waals surface area contributed by atoms with Gasteiger partial charge in [0, 0.05) is 17.8 Å². The van der Waals surface area contributed by atoms with Crippen LogP contribution < -0.4 is 5.32 Å². The van der Waals surface area contributed by atoms with Gasteiger partial charge in [-0.05, 0) is 31.5 Å². The molecule has 0 unspecified atom stereocenters. The molecule has 1 amide bonds. The van der Waals surface area contributed by atoms with Gasteiger partial charge in [0.1, 0.15) is 0 Å². The summed E-state index contributed by atoms with van der Waals surface area (Å²) in [4.78, 5) is 12.3. The molecule has 0 saturated carbocycles. The Labute approximate surface area is 163 Å². The quantitative estimate of drug-likeness (QED) is 0.486. The second-order valence-corrected chi connectivity index (χ2v) is 7.22. The number of allylic oxidation sites excluding steroid dienone is 1. The van der Waals surface area contributed by atoms with Gasteiger partial charge in [-0.2, -0.15) is 0 Å². The number of nitrogens with zero attached hydrogens (tertiary/aromatic N) is 3. The van der Waals surface area contributed by atoms with E-state index in [0.29, 0.717) is 11.7 Å². The van der Waals surface area contributed by atoms with Crippen molar-refractivity contribution in [3.63, 3.8) is 0 Å². The standard InChI is InChI=1S/C21H22N4OS/c1-4-12-25-20(17-10-8-15(2)9-11-17)23-24-21(25)27-14-19(26)22-18-7-5-6-16(3)13-18/h4-11,13H,1,12,14H2,2-3H3,(H,22,26). The Morgan fingerprint density at radius 2 is 1.93 bits per heavy atom. The monoisotopic (exact) mass is 378 g/mol. The molecule has 0 radical (unpaired) electrons. The highest BCUT2D eigenvalue weighted by Gasteiger charge is 2.15. The van der Waals surface area contributed by atoms with E-state index in [1.165, 1.54) is 17.3 Å². The molecule has 5 nitrogen and oxygen atoms in total. The van der Waals surface area contributed by atoms with Gasteiger partial charge in [0.05, 0.1) is 5.75 Å². The van der Waals surface area contributed by atoms with Crippen LogP contribution in [0.25, 0.3) is 11.4 Å². The van der Waals surface area contributed by atoms with E-state index < -0.39 is 0 Å². The Morgan fingerprint density at radius 3 is 2.63 bits per heavy atom. The van der Waals surface area contributed by atoms with Crippen molar-refractivity contribution in [3.8, 4) is 11.4 Å². The molecule has 1 N–H and O–H groups in total. The summed E-state index contributed by atoms with van der Waals surface area (Å²) in [5, 5.41) is 12.2. The van der Waals surface area contributed by atoms with Crippen LogP contribution in [0.5, 0.6) is 0 Å². The molecule has 6 heteroatoms. The number of carbonyl (C=O) groups is 1. The lowest BCUT2D eigenvalue weighted by atomic mass is 10.1. The Hall–Kier alpha value is -2.86. The lowest BCUT2D eigenvalue weighted by Gasteiger charge is -2.08. The minimum absolute atomic E-state index is 0.0735. The molecule has 0 saturated heterocycles. The molecule has 0 aliphatic heterocycles. The van der Waals surface area contributed by atoms with Crippen molar-refractivity contribution in [2.45, 2.75) is 25.5 Å². The Kier molecular flexibility index (Phi) is 6.08. The number of aromatic nitrogens is 3. The van der Waals surface area contributed by atoms with Gasteiger partial charge < -0.3 is 5.32 Å². The van der Waals surface area contributed by atoms with Crippen molar-refractivity contribution in [1.82, 2.24) is 14.8 Å². The molecule has 2 aromatic carbocycles. The van der Waals surface area contributed by atoms with Crippen LogP contribution in [0.1, 0.15) is 11.1 Å². The van der Waals surface area contributed by atoms with Gasteiger partial charge in [-0.1, -0.05) is 59.8 Å². The molecule has 0 atom stereocenters. The first-order valence-corrected chi connectivity index (χ1v) is 9.66. The third kappa shape index (κ3) is 4.86. The maximum absolute atomic E-state index is 12.3. The largest absolute Gasteiger partial charge is 0.325 e. The molecular formula is C21H22N4OS. The van der Waals surface area contributed by atoms with E-state index >= 15 is 0 Å². The molecule has 0 aliphatic rings. The number of carbonyl (C=O) groups excluding carboxylic acids is 1. The van der Waals surface area contributed by atoms with Crippen molar-refractivity contribution in [2.24, 2.45) is 0 Å². The summed E-state index contributed by atoms with van der Waals surface area (Å²) < 4.78 is 1.97. The zero-order valence-electron chi connectivity index (χ0n) is 15.5. The van der Waals surface area contributed by atoms with Crippen LogP contribution in [0, 0.1) is 13.8 Å². The van der Waals surface area contributed by atoms with Crippen LogP contribution in [-0.4, -0.2) is 26.4 Å². The van der Waals surface area contributed by atoms with Crippen molar-refractivity contribution in [1.29, 1.82) is 0 Å². The minimum Gasteiger partial charge on any atom is -0.325 e. The first-order chi connectivity index (χ1) is 13.1. The zero-order chi connectivity index (χ0) is 19.2. The van der Waals surface area contributed by atoms with Gasteiger partial charge in [-0.15, -0.1) is 16.8 Å². The topological polar surface area (TPSA) is 59.8 Å². The molecular weight excluding hydrogens is 356 g/mol. The van der Waals surface area contributed by atoms with E-state index in [9.17, 15) is 4.79 Å². The third-order valence-corrected chi connectivity index (χ3v) is 4.94. The van der Waals surface area contributed by atoms with Crippen LogP contribution in [0.15, 0.2) is 66.3 Å². The fourth-order valence-electron chi connectivity index (χ4n) is 2.66. The van der Waals surface area contributed by atoms with Gasteiger partial charge in [-0.3, -0.25) is 9.36 Å². The summed E-state index contributed by atoms with van der Waals surface area (Å²) in [5.41, 5.74) is 4.09. The van der Waals surface area contributed by atoms with Crippen LogP contribution in [-0.2, 0) is 11.3 Å². The summed E-state index contributed by atoms with van der Waals surface area (Å²) in [6.07, 6.45) is 1.80. The number of amides is 1. The highest BCUT2D eigenvalue weighted by Crippen LogP contribution is 2.24. The van der Waals surface area contributed by atoms with Crippen molar-refractivity contribution >= 4 is 23.4 Å². The lowest BCUT2D eigenvalue weighted by molar-refractivity contribution is -0.113. The van der Waals surface area contributed by atoms with Gasteiger partial charge in [-0.25, -0.2) is 0 Å². The number of benzene rings is 2. The number of hydrogen-bond acceptors (Lipinski definition) is 4. The van der Waals surface area contributed by atoms with E-state index in [0.717, 1.165) is 22.6 Å². The molecule has 1 aromatic heterocycles. The predicted molar refractivity (Wildman–Crippen MR) is 111 cm³/mol. The summed E-state index contributed by atoms with van der Waals surface area (Å²) in [6.45, 7) is 8.44. The average molecular weight is 379 g/mol. The molecule has 3 rings (SSSR count). The second kappa shape index (κ2) is 8.68. The highest BCUT2D eigenvalue weighted by molar-refractivity contribution is 7.99. The molecule has 27 heavy (non-hydrogen) atoms. The third-order valence-electron chi connectivity index (χ3n) is 3.97. The summed E-state index contributed by atoms with van der Waals surface area (Å²) in [5.74, 6) is 0.962. The highest BCUT2D eigenvalue weighted by atomic mass is 32.2. The van der Waals surface area contributed by atoms with Gasteiger partial charge in [0.15, 0.2) is 11.0 Å². The molecule has 3 aromatic rings. The molecule has 0 aliphatic carbocycles. The van der Waals surface area contributed by atoms with Gasteiger partial charge >= 0.3 is 0 Å². The number of aryl methyl sites for hydroxylation is 2. The summed E-state index contributed by atoms with van der Waals surface area (Å²) in [6, 6.07) is 15.9. The molecule has 138 valence electrons. The number of thioether (sulfide) groups is 1. The SMILES string of the molecule is C=CCn1c(SCC(=O)Nc2cccc(C)c2)nnc1-c1ccc(C)cc1. The van der Waals surface area contributed by atoms with Crippen LogP contribution >= 0.6 is 11.8 Å². The van der Waals surface area contributed by atoms with Crippen LogP contribution in [0.2, 0.25) is 0 Å². The van der Waals surface area contributed by atoms with E-state index in [2.05, 4.69) is 22.1 Å². The number of nitrogens with one attached hydrogen (secondary N) is 1. The van der Waals surface area contributed by atoms with Crippen molar-refractivity contribution < 1.29 is 4.79 Å². The first kappa shape index (κ1) is 18.9. The average Bonchev–Trinajstić information content (AvgIpc) is 3.04. The maximum Gasteiger partial charge on any atom is 0.234 e. The van der Waals surface area contributed by atoms with Gasteiger partial charge in [0.25, 0.3) is 0 Å². The lowest BCUT2D eigenvalue weighted by Crippen LogP contribution is -2.14. The fourth-order valence-corrected chi connectivity index (χ4v) is 3.40. The predicted octanol–water partition coefficient (Wildman–Crippen LogP) is 4.48. The van der Waals surface area contributed by atoms with Crippen LogP contribution in [0.3, 0.4) is 0 Å².